The Balaban J connectivity index is 2.29. The number of benzene rings is 2. The van der Waals surface area contributed by atoms with E-state index in [1.165, 1.54) is 0 Å². The van der Waals surface area contributed by atoms with Crippen molar-refractivity contribution in [3.63, 3.8) is 0 Å². The first-order valence-corrected chi connectivity index (χ1v) is 6.77. The fourth-order valence-electron chi connectivity index (χ4n) is 1.76. The molecule has 2 aromatic carbocycles. The van der Waals surface area contributed by atoms with Crippen LogP contribution in [-0.2, 0) is 0 Å². The Morgan fingerprint density at radius 1 is 1.32 bits per heavy atom. The van der Waals surface area contributed by atoms with E-state index >= 15 is 0 Å². The van der Waals surface area contributed by atoms with Gasteiger partial charge in [0.25, 0.3) is 5.91 Å². The summed E-state index contributed by atoms with van der Waals surface area (Å²) >= 11 is 9.22. The van der Waals surface area contributed by atoms with Crippen molar-refractivity contribution in [2.75, 3.05) is 11.1 Å². The molecule has 0 fully saturated rings. The van der Waals surface area contributed by atoms with E-state index in [0.29, 0.717) is 22.0 Å². The second-order valence-electron chi connectivity index (χ2n) is 4.15. The third-order valence-corrected chi connectivity index (χ3v) is 3.35. The van der Waals surface area contributed by atoms with Crippen molar-refractivity contribution in [3.8, 4) is 0 Å². The zero-order valence-corrected chi connectivity index (χ0v) is 12.5. The van der Waals surface area contributed by atoms with Gasteiger partial charge in [-0.3, -0.25) is 4.79 Å². The molecule has 2 rings (SSSR count). The zero-order valence-electron chi connectivity index (χ0n) is 10.2. The van der Waals surface area contributed by atoms with Gasteiger partial charge in [0.05, 0.1) is 11.4 Å². The highest BCUT2D eigenvalue weighted by molar-refractivity contribution is 9.10. The van der Waals surface area contributed by atoms with Crippen LogP contribution >= 0.6 is 27.5 Å². The second-order valence-corrected chi connectivity index (χ2v) is 5.50. The number of carbonyl (C=O) groups excluding carboxylic acids is 1. The Kier molecular flexibility index (Phi) is 4.12. The molecular formula is C14H12BrClN2O. The van der Waals surface area contributed by atoms with Crippen molar-refractivity contribution >= 4 is 44.8 Å². The minimum atomic E-state index is -0.236. The van der Waals surface area contributed by atoms with Gasteiger partial charge >= 0.3 is 0 Å². The van der Waals surface area contributed by atoms with Crippen molar-refractivity contribution in [1.29, 1.82) is 0 Å². The van der Waals surface area contributed by atoms with Gasteiger partial charge in [0.2, 0.25) is 0 Å². The average Bonchev–Trinajstić information content (AvgIpc) is 2.33. The lowest BCUT2D eigenvalue weighted by Gasteiger charge is -2.12. The van der Waals surface area contributed by atoms with Crippen molar-refractivity contribution < 1.29 is 4.79 Å². The molecule has 1 amide bonds. The molecule has 3 N–H and O–H groups in total. The molecule has 5 heteroatoms. The molecule has 0 saturated carbocycles. The largest absolute Gasteiger partial charge is 0.397 e. The third kappa shape index (κ3) is 3.28. The standard InChI is InChI=1S/C14H12BrClN2O/c1-8-5-10(15)7-12(17)13(8)18-14(19)9-3-2-4-11(16)6-9/h2-7H,17H2,1H3,(H,18,19). The van der Waals surface area contributed by atoms with Crippen LogP contribution in [0.4, 0.5) is 11.4 Å². The Labute approximate surface area is 124 Å². The Morgan fingerprint density at radius 3 is 2.68 bits per heavy atom. The fourth-order valence-corrected chi connectivity index (χ4v) is 2.54. The molecule has 2 aromatic rings. The van der Waals surface area contributed by atoms with Gasteiger partial charge in [0, 0.05) is 15.1 Å². The summed E-state index contributed by atoms with van der Waals surface area (Å²) in [6.07, 6.45) is 0. The summed E-state index contributed by atoms with van der Waals surface area (Å²) in [5.74, 6) is -0.236. The smallest absolute Gasteiger partial charge is 0.255 e. The van der Waals surface area contributed by atoms with E-state index in [1.54, 1.807) is 30.3 Å². The topological polar surface area (TPSA) is 55.1 Å². The van der Waals surface area contributed by atoms with E-state index in [4.69, 9.17) is 17.3 Å². The molecular weight excluding hydrogens is 328 g/mol. The van der Waals surface area contributed by atoms with Crippen LogP contribution in [0.3, 0.4) is 0 Å². The molecule has 0 saturated heterocycles. The zero-order chi connectivity index (χ0) is 14.0. The summed E-state index contributed by atoms with van der Waals surface area (Å²) in [7, 11) is 0. The number of hydrogen-bond donors (Lipinski definition) is 2. The van der Waals surface area contributed by atoms with Gasteiger partial charge in [0.15, 0.2) is 0 Å². The molecule has 0 atom stereocenters. The van der Waals surface area contributed by atoms with Crippen molar-refractivity contribution in [1.82, 2.24) is 0 Å². The third-order valence-electron chi connectivity index (χ3n) is 2.66. The molecule has 0 aliphatic heterocycles. The lowest BCUT2D eigenvalue weighted by molar-refractivity contribution is 0.102. The highest BCUT2D eigenvalue weighted by Gasteiger charge is 2.11. The highest BCUT2D eigenvalue weighted by atomic mass is 79.9. The van der Waals surface area contributed by atoms with Gasteiger partial charge in [0.1, 0.15) is 0 Å². The molecule has 0 radical (unpaired) electrons. The van der Waals surface area contributed by atoms with E-state index in [9.17, 15) is 4.79 Å². The fraction of sp³-hybridized carbons (Fsp3) is 0.0714. The number of nitrogens with two attached hydrogens (primary N) is 1. The van der Waals surface area contributed by atoms with Crippen LogP contribution in [-0.4, -0.2) is 5.91 Å². The van der Waals surface area contributed by atoms with Crippen LogP contribution in [0.15, 0.2) is 40.9 Å². The van der Waals surface area contributed by atoms with Crippen LogP contribution in [0.25, 0.3) is 0 Å². The summed E-state index contributed by atoms with van der Waals surface area (Å²) < 4.78 is 0.878. The highest BCUT2D eigenvalue weighted by Crippen LogP contribution is 2.28. The quantitative estimate of drug-likeness (QED) is 0.804. The molecule has 0 aliphatic carbocycles. The molecule has 0 bridgehead atoms. The molecule has 3 nitrogen and oxygen atoms in total. The lowest BCUT2D eigenvalue weighted by Crippen LogP contribution is -2.14. The first kappa shape index (κ1) is 13.9. The number of nitrogen functional groups attached to an aromatic ring is 1. The van der Waals surface area contributed by atoms with Crippen LogP contribution in [0.1, 0.15) is 15.9 Å². The summed E-state index contributed by atoms with van der Waals surface area (Å²) in [6.45, 7) is 1.88. The number of carbonyl (C=O) groups is 1. The molecule has 0 aromatic heterocycles. The monoisotopic (exact) mass is 338 g/mol. The molecule has 0 spiro atoms. The maximum atomic E-state index is 12.1. The van der Waals surface area contributed by atoms with Crippen LogP contribution in [0.5, 0.6) is 0 Å². The second kappa shape index (κ2) is 5.63. The number of anilines is 2. The predicted octanol–water partition coefficient (Wildman–Crippen LogP) is 4.25. The van der Waals surface area contributed by atoms with Crippen LogP contribution in [0.2, 0.25) is 5.02 Å². The summed E-state index contributed by atoms with van der Waals surface area (Å²) in [5.41, 5.74) is 8.43. The predicted molar refractivity (Wildman–Crippen MR) is 82.7 cm³/mol. The minimum Gasteiger partial charge on any atom is -0.397 e. The number of rotatable bonds is 2. The first-order chi connectivity index (χ1) is 8.97. The first-order valence-electron chi connectivity index (χ1n) is 5.60. The van der Waals surface area contributed by atoms with Gasteiger partial charge in [-0.2, -0.15) is 0 Å². The van der Waals surface area contributed by atoms with Crippen molar-refractivity contribution in [3.05, 3.63) is 57.0 Å². The van der Waals surface area contributed by atoms with Crippen molar-refractivity contribution in [2.24, 2.45) is 0 Å². The van der Waals surface area contributed by atoms with Crippen molar-refractivity contribution in [2.45, 2.75) is 6.92 Å². The SMILES string of the molecule is Cc1cc(Br)cc(N)c1NC(=O)c1cccc(Cl)c1. The number of hydrogen-bond acceptors (Lipinski definition) is 2. The number of aryl methyl sites for hydroxylation is 1. The van der Waals surface area contributed by atoms with Gasteiger partial charge in [-0.1, -0.05) is 33.6 Å². The number of halogens is 2. The number of amides is 1. The molecule has 0 unspecified atom stereocenters. The summed E-state index contributed by atoms with van der Waals surface area (Å²) in [5, 5.41) is 3.33. The normalized spacial score (nSPS) is 10.3. The van der Waals surface area contributed by atoms with Gasteiger partial charge in [-0.25, -0.2) is 0 Å². The average molecular weight is 340 g/mol. The summed E-state index contributed by atoms with van der Waals surface area (Å²) in [4.78, 5) is 12.1. The maximum Gasteiger partial charge on any atom is 0.255 e. The van der Waals surface area contributed by atoms with E-state index in [-0.39, 0.29) is 5.91 Å². The number of nitrogens with one attached hydrogen (secondary N) is 1. The van der Waals surface area contributed by atoms with E-state index in [1.807, 2.05) is 13.0 Å². The molecule has 0 heterocycles. The molecule has 98 valence electrons. The van der Waals surface area contributed by atoms with Crippen LogP contribution < -0.4 is 11.1 Å². The van der Waals surface area contributed by atoms with E-state index in [2.05, 4.69) is 21.2 Å². The molecule has 19 heavy (non-hydrogen) atoms. The van der Waals surface area contributed by atoms with Gasteiger partial charge in [-0.05, 0) is 42.8 Å². The van der Waals surface area contributed by atoms with Gasteiger partial charge < -0.3 is 11.1 Å². The van der Waals surface area contributed by atoms with E-state index in [0.717, 1.165) is 10.0 Å². The molecule has 0 aliphatic rings. The minimum absolute atomic E-state index is 0.236. The lowest BCUT2D eigenvalue weighted by atomic mass is 10.1. The maximum absolute atomic E-state index is 12.1. The summed E-state index contributed by atoms with van der Waals surface area (Å²) in [6, 6.07) is 10.4. The van der Waals surface area contributed by atoms with Gasteiger partial charge in [-0.15, -0.1) is 0 Å². The van der Waals surface area contributed by atoms with Crippen LogP contribution in [0, 0.1) is 6.92 Å². The Hall–Kier alpha value is -1.52. The Bertz CT molecular complexity index is 620. The van der Waals surface area contributed by atoms with E-state index < -0.39 is 0 Å². The Morgan fingerprint density at radius 2 is 2.05 bits per heavy atom.